The Hall–Kier alpha value is -0.580. The molecule has 0 saturated heterocycles. The second kappa shape index (κ2) is 5.21. The number of aliphatic carboxylic acids is 1. The predicted molar refractivity (Wildman–Crippen MR) is 50.4 cm³/mol. The molecule has 0 aromatic rings. The third kappa shape index (κ3) is 7.77. The number of carboxylic acid groups (broad SMARTS) is 1. The van der Waals surface area contributed by atoms with E-state index in [0.29, 0.717) is 19.3 Å². The maximum absolute atomic E-state index is 10.7. The fourth-order valence-corrected chi connectivity index (χ4v) is 1.67. The summed E-state index contributed by atoms with van der Waals surface area (Å²) in [6.07, 6.45) is 2.94. The van der Waals surface area contributed by atoms with Crippen molar-refractivity contribution in [3.63, 3.8) is 0 Å². The van der Waals surface area contributed by atoms with Crippen LogP contribution in [0.4, 0.5) is 0 Å². The first-order valence-electron chi connectivity index (χ1n) is 4.23. The van der Waals surface area contributed by atoms with Crippen molar-refractivity contribution in [3.05, 3.63) is 0 Å². The third-order valence-electron chi connectivity index (χ3n) is 1.82. The van der Waals surface area contributed by atoms with Crippen LogP contribution in [0.5, 0.6) is 0 Å². The monoisotopic (exact) mass is 208 g/mol. The Kier molecular flexibility index (Phi) is 4.98. The Balaban J connectivity index is 3.53. The predicted octanol–water partition coefficient (Wildman–Crippen LogP) is 0.922. The molecule has 0 fully saturated rings. The van der Waals surface area contributed by atoms with E-state index in [9.17, 15) is 13.2 Å². The lowest BCUT2D eigenvalue weighted by Gasteiger charge is -2.04. The van der Waals surface area contributed by atoms with Gasteiger partial charge < -0.3 is 5.11 Å². The molecule has 0 bridgehead atoms. The van der Waals surface area contributed by atoms with Gasteiger partial charge in [0.1, 0.15) is 9.84 Å². The summed E-state index contributed by atoms with van der Waals surface area (Å²) < 4.78 is 21.4. The molecule has 0 aliphatic carbocycles. The highest BCUT2D eigenvalue weighted by Crippen LogP contribution is 2.08. The highest BCUT2D eigenvalue weighted by molar-refractivity contribution is 7.90. The molecule has 0 amide bonds. The van der Waals surface area contributed by atoms with Crippen LogP contribution in [0.1, 0.15) is 26.2 Å². The zero-order valence-corrected chi connectivity index (χ0v) is 8.80. The summed E-state index contributed by atoms with van der Waals surface area (Å²) in [5, 5.41) is 8.52. The van der Waals surface area contributed by atoms with E-state index >= 15 is 0 Å². The molecule has 0 aliphatic rings. The molecule has 0 spiro atoms. The van der Waals surface area contributed by atoms with Gasteiger partial charge in [0.15, 0.2) is 0 Å². The largest absolute Gasteiger partial charge is 0.481 e. The van der Waals surface area contributed by atoms with Gasteiger partial charge in [-0.2, -0.15) is 0 Å². The second-order valence-electron chi connectivity index (χ2n) is 3.36. The molecule has 0 aliphatic heterocycles. The standard InChI is InChI=1S/C8H16O4S/c1-7(8(9)10)5-3-4-6-13(2,11)12/h7H,3-6H2,1-2H3,(H,9,10). The van der Waals surface area contributed by atoms with Crippen LogP contribution in [0, 0.1) is 5.92 Å². The van der Waals surface area contributed by atoms with Crippen LogP contribution in [0.3, 0.4) is 0 Å². The Morgan fingerprint density at radius 1 is 1.38 bits per heavy atom. The molecular weight excluding hydrogens is 192 g/mol. The van der Waals surface area contributed by atoms with Gasteiger partial charge in [-0.15, -0.1) is 0 Å². The van der Waals surface area contributed by atoms with Gasteiger partial charge >= 0.3 is 5.97 Å². The topological polar surface area (TPSA) is 71.4 Å². The molecule has 5 heteroatoms. The normalized spacial score (nSPS) is 14.0. The van der Waals surface area contributed by atoms with Gasteiger partial charge in [0.25, 0.3) is 0 Å². The number of hydrogen-bond donors (Lipinski definition) is 1. The molecule has 4 nitrogen and oxygen atoms in total. The van der Waals surface area contributed by atoms with Crippen LogP contribution in [-0.4, -0.2) is 31.5 Å². The number of carboxylic acids is 1. The molecule has 0 aromatic heterocycles. The first-order valence-corrected chi connectivity index (χ1v) is 6.29. The van der Waals surface area contributed by atoms with Crippen LogP contribution in [0.15, 0.2) is 0 Å². The summed E-state index contributed by atoms with van der Waals surface area (Å²) in [6, 6.07) is 0. The maximum Gasteiger partial charge on any atom is 0.306 e. The Morgan fingerprint density at radius 3 is 2.31 bits per heavy atom. The quantitative estimate of drug-likeness (QED) is 0.659. The van der Waals surface area contributed by atoms with E-state index in [2.05, 4.69) is 0 Å². The SMILES string of the molecule is CC(CCCCS(C)(=O)=O)C(=O)O. The van der Waals surface area contributed by atoms with E-state index in [-0.39, 0.29) is 11.7 Å². The molecule has 0 aromatic carbocycles. The minimum atomic E-state index is -2.89. The molecule has 1 atom stereocenters. The van der Waals surface area contributed by atoms with Crippen molar-refractivity contribution in [1.29, 1.82) is 0 Å². The highest BCUT2D eigenvalue weighted by atomic mass is 32.2. The van der Waals surface area contributed by atoms with Gasteiger partial charge in [0.2, 0.25) is 0 Å². The van der Waals surface area contributed by atoms with Crippen LogP contribution >= 0.6 is 0 Å². The zero-order valence-electron chi connectivity index (χ0n) is 7.99. The van der Waals surface area contributed by atoms with E-state index in [1.54, 1.807) is 6.92 Å². The molecule has 0 rings (SSSR count). The summed E-state index contributed by atoms with van der Waals surface area (Å²) in [5.41, 5.74) is 0. The second-order valence-corrected chi connectivity index (χ2v) is 5.62. The number of hydrogen-bond acceptors (Lipinski definition) is 3. The molecule has 13 heavy (non-hydrogen) atoms. The first-order chi connectivity index (χ1) is 5.83. The van der Waals surface area contributed by atoms with E-state index in [4.69, 9.17) is 5.11 Å². The van der Waals surface area contributed by atoms with Crippen molar-refractivity contribution in [3.8, 4) is 0 Å². The smallest absolute Gasteiger partial charge is 0.306 e. The Bertz CT molecular complexity index is 255. The van der Waals surface area contributed by atoms with Crippen LogP contribution in [0.25, 0.3) is 0 Å². The number of carbonyl (C=O) groups is 1. The van der Waals surface area contributed by atoms with E-state index < -0.39 is 15.8 Å². The zero-order chi connectivity index (χ0) is 10.5. The van der Waals surface area contributed by atoms with Crippen LogP contribution in [0.2, 0.25) is 0 Å². The van der Waals surface area contributed by atoms with Crippen molar-refractivity contribution in [2.24, 2.45) is 5.92 Å². The first kappa shape index (κ1) is 12.4. The van der Waals surface area contributed by atoms with E-state index in [0.717, 1.165) is 0 Å². The van der Waals surface area contributed by atoms with Gasteiger partial charge in [-0.05, 0) is 12.8 Å². The summed E-state index contributed by atoms with van der Waals surface area (Å²) in [5.74, 6) is -1.04. The molecule has 0 saturated carbocycles. The van der Waals surface area contributed by atoms with Crippen molar-refractivity contribution in [2.75, 3.05) is 12.0 Å². The van der Waals surface area contributed by atoms with Crippen molar-refractivity contribution >= 4 is 15.8 Å². The summed E-state index contributed by atoms with van der Waals surface area (Å²) in [6.45, 7) is 1.63. The molecular formula is C8H16O4S. The highest BCUT2D eigenvalue weighted by Gasteiger charge is 2.10. The van der Waals surface area contributed by atoms with Crippen molar-refractivity contribution in [2.45, 2.75) is 26.2 Å². The molecule has 1 unspecified atom stereocenters. The van der Waals surface area contributed by atoms with Gasteiger partial charge in [0, 0.05) is 12.0 Å². The van der Waals surface area contributed by atoms with E-state index in [1.165, 1.54) is 6.26 Å². The number of unbranched alkanes of at least 4 members (excludes halogenated alkanes) is 1. The van der Waals surface area contributed by atoms with Gasteiger partial charge in [0.05, 0.1) is 5.92 Å². The number of rotatable bonds is 6. The molecule has 0 radical (unpaired) electrons. The lowest BCUT2D eigenvalue weighted by atomic mass is 10.1. The Labute approximate surface area is 78.9 Å². The van der Waals surface area contributed by atoms with Gasteiger partial charge in [-0.25, -0.2) is 8.42 Å². The van der Waals surface area contributed by atoms with Crippen molar-refractivity contribution < 1.29 is 18.3 Å². The molecule has 78 valence electrons. The average molecular weight is 208 g/mol. The molecule has 0 heterocycles. The lowest BCUT2D eigenvalue weighted by Crippen LogP contribution is -2.10. The minimum absolute atomic E-state index is 0.152. The van der Waals surface area contributed by atoms with Crippen molar-refractivity contribution in [1.82, 2.24) is 0 Å². The molecule has 1 N–H and O–H groups in total. The van der Waals surface area contributed by atoms with Gasteiger partial charge in [-0.3, -0.25) is 4.79 Å². The maximum atomic E-state index is 10.7. The fraction of sp³-hybridized carbons (Fsp3) is 0.875. The number of sulfone groups is 1. The summed E-state index contributed by atoms with van der Waals surface area (Å²) in [4.78, 5) is 10.4. The summed E-state index contributed by atoms with van der Waals surface area (Å²) >= 11 is 0. The minimum Gasteiger partial charge on any atom is -0.481 e. The van der Waals surface area contributed by atoms with E-state index in [1.807, 2.05) is 0 Å². The average Bonchev–Trinajstić information content (AvgIpc) is 1.95. The fourth-order valence-electron chi connectivity index (χ4n) is 0.938. The Morgan fingerprint density at radius 2 is 1.92 bits per heavy atom. The summed E-state index contributed by atoms with van der Waals surface area (Å²) in [7, 11) is -2.89. The van der Waals surface area contributed by atoms with Crippen LogP contribution in [-0.2, 0) is 14.6 Å². The van der Waals surface area contributed by atoms with Crippen LogP contribution < -0.4 is 0 Å². The van der Waals surface area contributed by atoms with Gasteiger partial charge in [-0.1, -0.05) is 13.3 Å². The lowest BCUT2D eigenvalue weighted by molar-refractivity contribution is -0.141. The third-order valence-corrected chi connectivity index (χ3v) is 2.85.